The highest BCUT2D eigenvalue weighted by molar-refractivity contribution is 7.92. The lowest BCUT2D eigenvalue weighted by Crippen LogP contribution is -2.52. The van der Waals surface area contributed by atoms with Crippen LogP contribution >= 0.6 is 0 Å². The number of sulfonamides is 1. The van der Waals surface area contributed by atoms with Gasteiger partial charge in [0.25, 0.3) is 5.91 Å². The van der Waals surface area contributed by atoms with Gasteiger partial charge in [-0.05, 0) is 61.7 Å². The fraction of sp³-hybridized carbons (Fsp3) is 0.409. The van der Waals surface area contributed by atoms with Crippen LogP contribution in [-0.2, 0) is 15.6 Å². The number of hydrogen-bond donors (Lipinski definition) is 1. The van der Waals surface area contributed by atoms with Gasteiger partial charge in [-0.1, -0.05) is 12.1 Å². The molecular weight excluding hydrogens is 405 g/mol. The largest absolute Gasteiger partial charge is 0.336 e. The third-order valence-electron chi connectivity index (χ3n) is 6.06. The van der Waals surface area contributed by atoms with Gasteiger partial charge in [0.05, 0.1) is 5.75 Å². The number of carbonyl (C=O) groups excluding carboxylic acids is 1. The number of piperazine rings is 1. The molecule has 1 heterocycles. The van der Waals surface area contributed by atoms with Crippen LogP contribution in [0.3, 0.4) is 0 Å². The van der Waals surface area contributed by atoms with Gasteiger partial charge in [0.1, 0.15) is 5.82 Å². The Labute approximate surface area is 176 Å². The predicted octanol–water partition coefficient (Wildman–Crippen LogP) is 3.03. The average Bonchev–Trinajstić information content (AvgIpc) is 3.56. The maximum Gasteiger partial charge on any atom is 0.253 e. The first kappa shape index (κ1) is 20.8. The molecule has 2 aliphatic rings. The van der Waals surface area contributed by atoms with Gasteiger partial charge in [-0.2, -0.15) is 0 Å². The summed E-state index contributed by atoms with van der Waals surface area (Å²) in [5.41, 5.74) is 2.13. The first-order chi connectivity index (χ1) is 14.3. The van der Waals surface area contributed by atoms with E-state index in [1.54, 1.807) is 31.2 Å². The lowest BCUT2D eigenvalue weighted by molar-refractivity contribution is 0.0531. The van der Waals surface area contributed by atoms with E-state index in [0.29, 0.717) is 24.3 Å². The number of anilines is 1. The minimum Gasteiger partial charge on any atom is -0.336 e. The molecule has 160 valence electrons. The van der Waals surface area contributed by atoms with Crippen molar-refractivity contribution in [1.29, 1.82) is 0 Å². The second kappa shape index (κ2) is 8.00. The van der Waals surface area contributed by atoms with Gasteiger partial charge in [-0.3, -0.25) is 14.4 Å². The molecule has 4 rings (SSSR count). The first-order valence-corrected chi connectivity index (χ1v) is 11.9. The number of carbonyl (C=O) groups is 1. The third kappa shape index (κ3) is 4.20. The molecule has 1 aliphatic heterocycles. The zero-order valence-corrected chi connectivity index (χ0v) is 17.8. The topological polar surface area (TPSA) is 69.7 Å². The Balaban J connectivity index is 1.37. The molecule has 1 aliphatic carbocycles. The molecule has 2 aromatic rings. The van der Waals surface area contributed by atoms with E-state index in [9.17, 15) is 17.6 Å². The summed E-state index contributed by atoms with van der Waals surface area (Å²) in [6.45, 7) is 4.38. The molecule has 2 aromatic carbocycles. The Morgan fingerprint density at radius 3 is 2.13 bits per heavy atom. The molecule has 30 heavy (non-hydrogen) atoms. The van der Waals surface area contributed by atoms with Crippen molar-refractivity contribution >= 4 is 21.6 Å². The fourth-order valence-corrected chi connectivity index (χ4v) is 4.76. The van der Waals surface area contributed by atoms with Crippen LogP contribution in [0.2, 0.25) is 0 Å². The lowest BCUT2D eigenvalue weighted by Gasteiger charge is -2.40. The van der Waals surface area contributed by atoms with Crippen LogP contribution in [0.15, 0.2) is 48.5 Å². The summed E-state index contributed by atoms with van der Waals surface area (Å²) in [6, 6.07) is 13.3. The van der Waals surface area contributed by atoms with Crippen LogP contribution in [0.4, 0.5) is 10.1 Å². The molecule has 0 bridgehead atoms. The Morgan fingerprint density at radius 1 is 1.00 bits per heavy atom. The van der Waals surface area contributed by atoms with E-state index < -0.39 is 10.0 Å². The van der Waals surface area contributed by atoms with Crippen LogP contribution in [0.1, 0.15) is 35.7 Å². The molecule has 1 saturated heterocycles. The van der Waals surface area contributed by atoms with Gasteiger partial charge in [0, 0.05) is 43.0 Å². The van der Waals surface area contributed by atoms with E-state index in [1.165, 1.54) is 12.1 Å². The maximum atomic E-state index is 13.3. The van der Waals surface area contributed by atoms with Crippen LogP contribution in [0.25, 0.3) is 0 Å². The standard InChI is InChI=1S/C22H26FN3O3S/c1-2-30(28,29)24-20-9-3-17(4-10-20)21(27)25-13-15-26(16-14-25)22(11-12-22)18-5-7-19(23)8-6-18/h3-10,24H,2,11-16H2,1H3. The number of hydrogen-bond acceptors (Lipinski definition) is 4. The Bertz CT molecular complexity index is 1010. The molecule has 0 aromatic heterocycles. The molecule has 1 N–H and O–H groups in total. The average molecular weight is 432 g/mol. The second-order valence-corrected chi connectivity index (χ2v) is 9.91. The Morgan fingerprint density at radius 2 is 1.60 bits per heavy atom. The van der Waals surface area contributed by atoms with Crippen molar-refractivity contribution < 1.29 is 17.6 Å². The SMILES string of the molecule is CCS(=O)(=O)Nc1ccc(C(=O)N2CCN(C3(c4ccc(F)cc4)CC3)CC2)cc1. The van der Waals surface area contributed by atoms with Crippen LogP contribution in [0, 0.1) is 5.82 Å². The zero-order chi connectivity index (χ0) is 21.4. The molecule has 0 radical (unpaired) electrons. The highest BCUT2D eigenvalue weighted by Gasteiger charge is 2.50. The third-order valence-corrected chi connectivity index (χ3v) is 7.37. The summed E-state index contributed by atoms with van der Waals surface area (Å²) in [4.78, 5) is 17.1. The van der Waals surface area contributed by atoms with E-state index in [-0.39, 0.29) is 23.0 Å². The summed E-state index contributed by atoms with van der Waals surface area (Å²) in [7, 11) is -3.34. The van der Waals surface area contributed by atoms with Gasteiger partial charge in [0.2, 0.25) is 10.0 Å². The number of nitrogens with one attached hydrogen (secondary N) is 1. The van der Waals surface area contributed by atoms with Crippen molar-refractivity contribution in [2.24, 2.45) is 0 Å². The lowest BCUT2D eigenvalue weighted by atomic mass is 10.0. The van der Waals surface area contributed by atoms with Gasteiger partial charge in [0.15, 0.2) is 0 Å². The van der Waals surface area contributed by atoms with E-state index in [0.717, 1.165) is 31.5 Å². The van der Waals surface area contributed by atoms with E-state index in [2.05, 4.69) is 9.62 Å². The number of nitrogens with zero attached hydrogens (tertiary/aromatic N) is 2. The highest BCUT2D eigenvalue weighted by atomic mass is 32.2. The van der Waals surface area contributed by atoms with Gasteiger partial charge in [-0.25, -0.2) is 12.8 Å². The Hall–Kier alpha value is -2.45. The van der Waals surface area contributed by atoms with Crippen molar-refractivity contribution in [3.05, 3.63) is 65.5 Å². The first-order valence-electron chi connectivity index (χ1n) is 10.2. The summed E-state index contributed by atoms with van der Waals surface area (Å²) in [5.74, 6) is -0.276. The number of halogens is 1. The highest BCUT2D eigenvalue weighted by Crippen LogP contribution is 2.51. The summed E-state index contributed by atoms with van der Waals surface area (Å²) in [6.07, 6.45) is 2.11. The zero-order valence-electron chi connectivity index (χ0n) is 17.0. The summed E-state index contributed by atoms with van der Waals surface area (Å²) >= 11 is 0. The molecule has 1 amide bonds. The van der Waals surface area contributed by atoms with E-state index in [4.69, 9.17) is 0 Å². The quantitative estimate of drug-likeness (QED) is 0.763. The van der Waals surface area contributed by atoms with E-state index >= 15 is 0 Å². The number of amides is 1. The predicted molar refractivity (Wildman–Crippen MR) is 114 cm³/mol. The molecule has 8 heteroatoms. The van der Waals surface area contributed by atoms with Crippen molar-refractivity contribution in [3.8, 4) is 0 Å². The van der Waals surface area contributed by atoms with Crippen LogP contribution in [0.5, 0.6) is 0 Å². The monoisotopic (exact) mass is 431 g/mol. The van der Waals surface area contributed by atoms with Crippen LogP contribution in [-0.4, -0.2) is 56.1 Å². The number of benzene rings is 2. The molecule has 1 saturated carbocycles. The van der Waals surface area contributed by atoms with Crippen molar-refractivity contribution in [2.75, 3.05) is 36.7 Å². The fourth-order valence-electron chi connectivity index (χ4n) is 4.12. The molecule has 0 atom stereocenters. The molecule has 2 fully saturated rings. The number of rotatable bonds is 6. The van der Waals surface area contributed by atoms with Gasteiger partial charge in [-0.15, -0.1) is 0 Å². The summed E-state index contributed by atoms with van der Waals surface area (Å²) in [5, 5.41) is 0. The molecule has 0 spiro atoms. The maximum absolute atomic E-state index is 13.3. The minimum atomic E-state index is -3.34. The normalized spacial score (nSPS) is 18.8. The van der Waals surface area contributed by atoms with E-state index in [1.807, 2.05) is 17.0 Å². The Kier molecular flexibility index (Phi) is 5.55. The molecule has 0 unspecified atom stereocenters. The van der Waals surface area contributed by atoms with Gasteiger partial charge < -0.3 is 4.90 Å². The smallest absolute Gasteiger partial charge is 0.253 e. The molecular formula is C22H26FN3O3S. The minimum absolute atomic E-state index is 0.00261. The second-order valence-electron chi connectivity index (χ2n) is 7.90. The van der Waals surface area contributed by atoms with Crippen LogP contribution < -0.4 is 4.72 Å². The van der Waals surface area contributed by atoms with Crippen molar-refractivity contribution in [3.63, 3.8) is 0 Å². The van der Waals surface area contributed by atoms with Crippen molar-refractivity contribution in [1.82, 2.24) is 9.80 Å². The van der Waals surface area contributed by atoms with Gasteiger partial charge >= 0.3 is 0 Å². The summed E-state index contributed by atoms with van der Waals surface area (Å²) < 4.78 is 39.1. The van der Waals surface area contributed by atoms with Crippen molar-refractivity contribution in [2.45, 2.75) is 25.3 Å². The molecule has 6 nitrogen and oxygen atoms in total.